The Bertz CT molecular complexity index is 509. The smallest absolute Gasteiger partial charge is 0.121 e. The van der Waals surface area contributed by atoms with E-state index in [1.807, 2.05) is 18.2 Å². The van der Waals surface area contributed by atoms with Gasteiger partial charge in [-0.1, -0.05) is 11.6 Å². The van der Waals surface area contributed by atoms with Crippen molar-refractivity contribution in [1.82, 2.24) is 14.9 Å². The summed E-state index contributed by atoms with van der Waals surface area (Å²) in [7, 11) is 0. The lowest BCUT2D eigenvalue weighted by Crippen LogP contribution is -2.27. The first-order valence-corrected chi connectivity index (χ1v) is 7.16. The fourth-order valence-corrected chi connectivity index (χ4v) is 2.48. The number of nitrogens with zero attached hydrogens (tertiary/aromatic N) is 2. The highest BCUT2D eigenvalue weighted by Gasteiger charge is 2.08. The summed E-state index contributed by atoms with van der Waals surface area (Å²) >= 11 is 17.5. The van der Waals surface area contributed by atoms with Crippen LogP contribution in [0.25, 0.3) is 11.0 Å². The van der Waals surface area contributed by atoms with E-state index in [4.69, 9.17) is 34.8 Å². The van der Waals surface area contributed by atoms with E-state index in [1.54, 1.807) is 0 Å². The summed E-state index contributed by atoms with van der Waals surface area (Å²) in [6, 6.07) is 5.62. The number of aromatic nitrogens is 2. The van der Waals surface area contributed by atoms with Crippen molar-refractivity contribution in [3.05, 3.63) is 29.0 Å². The Balaban J connectivity index is 0.00000180. The second kappa shape index (κ2) is 8.18. The molecule has 3 nitrogen and oxygen atoms in total. The summed E-state index contributed by atoms with van der Waals surface area (Å²) in [6.45, 7) is 2.31. The molecular formula is C12H15Cl4N3. The zero-order valence-electron chi connectivity index (χ0n) is 10.2. The SMILES string of the molecule is Cl.ClCCN(CCCl)Cc1nc2ccc(Cl)cc2[nH]1. The van der Waals surface area contributed by atoms with Crippen molar-refractivity contribution in [3.63, 3.8) is 0 Å². The van der Waals surface area contributed by atoms with Gasteiger partial charge in [-0.05, 0) is 18.2 Å². The number of benzene rings is 1. The van der Waals surface area contributed by atoms with Gasteiger partial charge in [0.05, 0.1) is 17.6 Å². The Hall–Kier alpha value is -0.190. The second-order valence-corrected chi connectivity index (χ2v) is 5.19. The molecule has 2 rings (SSSR count). The highest BCUT2D eigenvalue weighted by molar-refractivity contribution is 6.31. The number of imidazole rings is 1. The third kappa shape index (κ3) is 4.69. The van der Waals surface area contributed by atoms with E-state index in [1.165, 1.54) is 0 Å². The quantitative estimate of drug-likeness (QED) is 0.807. The molecule has 1 aromatic carbocycles. The molecule has 0 aliphatic rings. The molecule has 0 spiro atoms. The Kier molecular flexibility index (Phi) is 7.26. The molecule has 1 N–H and O–H groups in total. The van der Waals surface area contributed by atoms with Crippen LogP contribution >= 0.6 is 47.2 Å². The van der Waals surface area contributed by atoms with Gasteiger partial charge in [-0.3, -0.25) is 4.90 Å². The molecule has 0 bridgehead atoms. The fraction of sp³-hybridized carbons (Fsp3) is 0.417. The zero-order valence-corrected chi connectivity index (χ0v) is 13.3. The topological polar surface area (TPSA) is 31.9 Å². The van der Waals surface area contributed by atoms with Gasteiger partial charge in [0.2, 0.25) is 0 Å². The van der Waals surface area contributed by atoms with Crippen LogP contribution in [0.1, 0.15) is 5.82 Å². The van der Waals surface area contributed by atoms with Gasteiger partial charge < -0.3 is 4.98 Å². The van der Waals surface area contributed by atoms with E-state index in [0.29, 0.717) is 23.3 Å². The number of halogens is 4. The summed E-state index contributed by atoms with van der Waals surface area (Å²) in [6.07, 6.45) is 0. The summed E-state index contributed by atoms with van der Waals surface area (Å²) in [5.74, 6) is 2.08. The minimum absolute atomic E-state index is 0. The number of fused-ring (bicyclic) bond motifs is 1. The van der Waals surface area contributed by atoms with E-state index < -0.39 is 0 Å². The number of alkyl halides is 2. The predicted octanol–water partition coefficient (Wildman–Crippen LogP) is 3.92. The van der Waals surface area contributed by atoms with Gasteiger partial charge in [0, 0.05) is 29.9 Å². The average Bonchev–Trinajstić information content (AvgIpc) is 2.71. The molecule has 7 heteroatoms. The van der Waals surface area contributed by atoms with E-state index in [2.05, 4.69) is 14.9 Å². The van der Waals surface area contributed by atoms with Crippen LogP contribution in [0.5, 0.6) is 0 Å². The van der Waals surface area contributed by atoms with Crippen LogP contribution in [0.4, 0.5) is 0 Å². The number of H-pyrrole nitrogens is 1. The minimum Gasteiger partial charge on any atom is -0.341 e. The molecular weight excluding hydrogens is 328 g/mol. The Morgan fingerprint density at radius 2 is 1.84 bits per heavy atom. The zero-order chi connectivity index (χ0) is 13.0. The van der Waals surface area contributed by atoms with Gasteiger partial charge >= 0.3 is 0 Å². The van der Waals surface area contributed by atoms with Crippen LogP contribution in [-0.4, -0.2) is 39.7 Å². The number of hydrogen-bond acceptors (Lipinski definition) is 2. The molecule has 0 aliphatic carbocycles. The molecule has 0 fully saturated rings. The number of aromatic amines is 1. The van der Waals surface area contributed by atoms with E-state index in [-0.39, 0.29) is 12.4 Å². The first kappa shape index (κ1) is 16.9. The molecule has 1 heterocycles. The van der Waals surface area contributed by atoms with Crippen LogP contribution in [0, 0.1) is 0 Å². The van der Waals surface area contributed by atoms with Gasteiger partial charge in [0.25, 0.3) is 0 Å². The molecule has 2 aromatic rings. The standard InChI is InChI=1S/C12H14Cl3N3.ClH/c13-3-5-18(6-4-14)8-12-16-10-2-1-9(15)7-11(10)17-12;/h1-2,7H,3-6,8H2,(H,16,17);1H. The summed E-state index contributed by atoms with van der Waals surface area (Å²) < 4.78 is 0. The summed E-state index contributed by atoms with van der Waals surface area (Å²) in [4.78, 5) is 9.94. The van der Waals surface area contributed by atoms with Gasteiger partial charge in [0.1, 0.15) is 5.82 Å². The molecule has 0 radical (unpaired) electrons. The highest BCUT2D eigenvalue weighted by atomic mass is 35.5. The first-order chi connectivity index (χ1) is 8.72. The van der Waals surface area contributed by atoms with Crippen molar-refractivity contribution in [3.8, 4) is 0 Å². The second-order valence-electron chi connectivity index (χ2n) is 4.00. The summed E-state index contributed by atoms with van der Waals surface area (Å²) in [5, 5.41) is 0.705. The van der Waals surface area contributed by atoms with Gasteiger partial charge in [0.15, 0.2) is 0 Å². The average molecular weight is 343 g/mol. The molecule has 0 saturated heterocycles. The number of hydrogen-bond donors (Lipinski definition) is 1. The molecule has 0 atom stereocenters. The van der Waals surface area contributed by atoms with Crippen molar-refractivity contribution in [2.75, 3.05) is 24.8 Å². The molecule has 19 heavy (non-hydrogen) atoms. The molecule has 1 aromatic heterocycles. The molecule has 106 valence electrons. The van der Waals surface area contributed by atoms with Crippen molar-refractivity contribution in [1.29, 1.82) is 0 Å². The lowest BCUT2D eigenvalue weighted by molar-refractivity contribution is 0.293. The maximum Gasteiger partial charge on any atom is 0.121 e. The molecule has 0 unspecified atom stereocenters. The van der Waals surface area contributed by atoms with Crippen LogP contribution in [0.15, 0.2) is 18.2 Å². The Morgan fingerprint density at radius 1 is 1.16 bits per heavy atom. The van der Waals surface area contributed by atoms with Crippen molar-refractivity contribution < 1.29 is 0 Å². The lowest BCUT2D eigenvalue weighted by atomic mass is 10.3. The maximum absolute atomic E-state index is 5.94. The monoisotopic (exact) mass is 341 g/mol. The van der Waals surface area contributed by atoms with Crippen LogP contribution in [-0.2, 0) is 6.54 Å². The van der Waals surface area contributed by atoms with Crippen molar-refractivity contribution in [2.45, 2.75) is 6.54 Å². The van der Waals surface area contributed by atoms with E-state index in [9.17, 15) is 0 Å². The maximum atomic E-state index is 5.94. The van der Waals surface area contributed by atoms with Crippen LogP contribution in [0.3, 0.4) is 0 Å². The lowest BCUT2D eigenvalue weighted by Gasteiger charge is -2.18. The third-order valence-corrected chi connectivity index (χ3v) is 3.24. The largest absolute Gasteiger partial charge is 0.341 e. The van der Waals surface area contributed by atoms with Crippen molar-refractivity contribution >= 4 is 58.2 Å². The van der Waals surface area contributed by atoms with Gasteiger partial charge in [-0.2, -0.15) is 0 Å². The normalized spacial score (nSPS) is 10.9. The predicted molar refractivity (Wildman–Crippen MR) is 85.1 cm³/mol. The molecule has 0 aliphatic heterocycles. The highest BCUT2D eigenvalue weighted by Crippen LogP contribution is 2.17. The van der Waals surface area contributed by atoms with E-state index >= 15 is 0 Å². The van der Waals surface area contributed by atoms with E-state index in [0.717, 1.165) is 29.9 Å². The van der Waals surface area contributed by atoms with Crippen molar-refractivity contribution in [2.24, 2.45) is 0 Å². The van der Waals surface area contributed by atoms with Crippen LogP contribution in [0.2, 0.25) is 5.02 Å². The van der Waals surface area contributed by atoms with Gasteiger partial charge in [-0.25, -0.2) is 4.98 Å². The summed E-state index contributed by atoms with van der Waals surface area (Å²) in [5.41, 5.74) is 1.88. The minimum atomic E-state index is 0. The molecule has 0 saturated carbocycles. The Morgan fingerprint density at radius 3 is 2.47 bits per heavy atom. The molecule has 0 amide bonds. The fourth-order valence-electron chi connectivity index (χ4n) is 1.83. The Labute approximate surface area is 133 Å². The number of nitrogens with one attached hydrogen (secondary N) is 1. The first-order valence-electron chi connectivity index (χ1n) is 5.71. The van der Waals surface area contributed by atoms with Gasteiger partial charge in [-0.15, -0.1) is 35.6 Å². The number of rotatable bonds is 6. The van der Waals surface area contributed by atoms with Crippen LogP contribution < -0.4 is 0 Å². The third-order valence-electron chi connectivity index (χ3n) is 2.67.